The normalized spacial score (nSPS) is 10.4. The van der Waals surface area contributed by atoms with E-state index in [-0.39, 0.29) is 0 Å². The van der Waals surface area contributed by atoms with Crippen LogP contribution in [0.5, 0.6) is 11.5 Å². The highest BCUT2D eigenvalue weighted by Gasteiger charge is 2.11. The zero-order valence-electron chi connectivity index (χ0n) is 8.93. The third-order valence-electron chi connectivity index (χ3n) is 2.13. The molecule has 1 rings (SSSR count). The topological polar surface area (TPSA) is 18.5 Å². The lowest BCUT2D eigenvalue weighted by molar-refractivity contribution is 0.394. The molecule has 0 unspecified atom stereocenters. The van der Waals surface area contributed by atoms with E-state index < -0.39 is 0 Å². The van der Waals surface area contributed by atoms with E-state index in [4.69, 9.17) is 9.47 Å². The van der Waals surface area contributed by atoms with Crippen molar-refractivity contribution in [2.45, 2.75) is 19.8 Å². The van der Waals surface area contributed by atoms with Gasteiger partial charge in [-0.25, -0.2) is 0 Å². The number of rotatable bonds is 3. The molecule has 0 aliphatic rings. The molecule has 0 saturated carbocycles. The third kappa shape index (κ3) is 2.32. The van der Waals surface area contributed by atoms with E-state index >= 15 is 0 Å². The second kappa shape index (κ2) is 4.87. The minimum Gasteiger partial charge on any atom is -0.496 e. The summed E-state index contributed by atoms with van der Waals surface area (Å²) in [6.45, 7) is 4.29. The first-order chi connectivity index (χ1) is 6.60. The first-order valence-electron chi connectivity index (χ1n) is 4.51. The van der Waals surface area contributed by atoms with Crippen LogP contribution in [0.3, 0.4) is 0 Å². The number of ether oxygens (including phenoxy) is 2. The lowest BCUT2D eigenvalue weighted by Gasteiger charge is -2.14. The SMILES string of the molecule is COc1cc(C(C)C)c(OC)cc1I. The van der Waals surface area contributed by atoms with E-state index in [0.29, 0.717) is 5.92 Å². The summed E-state index contributed by atoms with van der Waals surface area (Å²) >= 11 is 2.24. The van der Waals surface area contributed by atoms with E-state index in [9.17, 15) is 0 Å². The number of halogens is 1. The lowest BCUT2D eigenvalue weighted by atomic mass is 10.0. The molecule has 1 aromatic carbocycles. The fourth-order valence-corrected chi connectivity index (χ4v) is 1.99. The number of methoxy groups -OCH3 is 2. The second-order valence-electron chi connectivity index (χ2n) is 3.38. The Hall–Kier alpha value is -0.450. The van der Waals surface area contributed by atoms with Crippen LogP contribution in [-0.2, 0) is 0 Å². The highest BCUT2D eigenvalue weighted by atomic mass is 127. The van der Waals surface area contributed by atoms with Gasteiger partial charge in [-0.2, -0.15) is 0 Å². The van der Waals surface area contributed by atoms with Gasteiger partial charge in [0.1, 0.15) is 11.5 Å². The minimum atomic E-state index is 0.441. The van der Waals surface area contributed by atoms with Gasteiger partial charge in [-0.3, -0.25) is 0 Å². The van der Waals surface area contributed by atoms with Gasteiger partial charge < -0.3 is 9.47 Å². The molecule has 0 radical (unpaired) electrons. The standard InChI is InChI=1S/C11H15IO2/c1-7(2)8-5-11(14-4)9(12)6-10(8)13-3/h5-7H,1-4H3. The molecule has 78 valence electrons. The quantitative estimate of drug-likeness (QED) is 0.797. The van der Waals surface area contributed by atoms with Crippen LogP contribution in [0, 0.1) is 3.57 Å². The molecule has 0 aromatic heterocycles. The molecule has 0 fully saturated rings. The number of hydrogen-bond acceptors (Lipinski definition) is 2. The zero-order valence-corrected chi connectivity index (χ0v) is 11.1. The molecule has 0 aliphatic carbocycles. The molecule has 0 aliphatic heterocycles. The first kappa shape index (κ1) is 11.6. The molecule has 1 aromatic rings. The maximum Gasteiger partial charge on any atom is 0.132 e. The van der Waals surface area contributed by atoms with Crippen molar-refractivity contribution in [3.8, 4) is 11.5 Å². The molecule has 0 heterocycles. The maximum absolute atomic E-state index is 5.33. The van der Waals surface area contributed by atoms with Gasteiger partial charge in [0.15, 0.2) is 0 Å². The molecule has 0 atom stereocenters. The van der Waals surface area contributed by atoms with Crippen molar-refractivity contribution in [2.75, 3.05) is 14.2 Å². The molecule has 0 bridgehead atoms. The predicted molar refractivity (Wildman–Crippen MR) is 66.4 cm³/mol. The van der Waals surface area contributed by atoms with Crippen molar-refractivity contribution in [3.05, 3.63) is 21.3 Å². The summed E-state index contributed by atoms with van der Waals surface area (Å²) in [6.07, 6.45) is 0. The molecule has 2 nitrogen and oxygen atoms in total. The fraction of sp³-hybridized carbons (Fsp3) is 0.455. The number of benzene rings is 1. The average Bonchev–Trinajstić information content (AvgIpc) is 2.16. The van der Waals surface area contributed by atoms with Gasteiger partial charge in [0.05, 0.1) is 17.8 Å². The molecule has 0 spiro atoms. The van der Waals surface area contributed by atoms with E-state index in [1.165, 1.54) is 5.56 Å². The molecule has 3 heteroatoms. The Bertz CT molecular complexity index is 321. The first-order valence-corrected chi connectivity index (χ1v) is 5.59. The largest absolute Gasteiger partial charge is 0.496 e. The molecule has 0 N–H and O–H groups in total. The third-order valence-corrected chi connectivity index (χ3v) is 2.97. The summed E-state index contributed by atoms with van der Waals surface area (Å²) in [6, 6.07) is 4.06. The van der Waals surface area contributed by atoms with Gasteiger partial charge in [0.25, 0.3) is 0 Å². The Morgan fingerprint density at radius 1 is 1.07 bits per heavy atom. The Labute approximate surface area is 98.7 Å². The number of hydrogen-bond donors (Lipinski definition) is 0. The van der Waals surface area contributed by atoms with E-state index in [2.05, 4.69) is 36.4 Å². The van der Waals surface area contributed by atoms with Crippen LogP contribution in [-0.4, -0.2) is 14.2 Å². The van der Waals surface area contributed by atoms with Crippen LogP contribution < -0.4 is 9.47 Å². The predicted octanol–water partition coefficient (Wildman–Crippen LogP) is 3.43. The molecular formula is C11H15IO2. The molecule has 0 amide bonds. The van der Waals surface area contributed by atoms with Gasteiger partial charge in [0.2, 0.25) is 0 Å². The summed E-state index contributed by atoms with van der Waals surface area (Å²) in [5, 5.41) is 0. The van der Waals surface area contributed by atoms with Gasteiger partial charge >= 0.3 is 0 Å². The van der Waals surface area contributed by atoms with Crippen molar-refractivity contribution >= 4 is 22.6 Å². The van der Waals surface area contributed by atoms with Crippen LogP contribution in [0.1, 0.15) is 25.3 Å². The molecule has 0 saturated heterocycles. The summed E-state index contributed by atoms with van der Waals surface area (Å²) in [5.74, 6) is 2.29. The Morgan fingerprint density at radius 2 is 1.64 bits per heavy atom. The van der Waals surface area contributed by atoms with Crippen LogP contribution in [0.25, 0.3) is 0 Å². The van der Waals surface area contributed by atoms with Gasteiger partial charge in [0, 0.05) is 5.56 Å². The highest BCUT2D eigenvalue weighted by molar-refractivity contribution is 14.1. The van der Waals surface area contributed by atoms with Crippen LogP contribution in [0.15, 0.2) is 12.1 Å². The van der Waals surface area contributed by atoms with E-state index in [1.807, 2.05) is 12.1 Å². The van der Waals surface area contributed by atoms with Crippen LogP contribution in [0.2, 0.25) is 0 Å². The summed E-state index contributed by atoms with van der Waals surface area (Å²) in [7, 11) is 3.39. The van der Waals surface area contributed by atoms with Gasteiger partial charge in [-0.1, -0.05) is 13.8 Å². The monoisotopic (exact) mass is 306 g/mol. The lowest BCUT2D eigenvalue weighted by Crippen LogP contribution is -1.97. The second-order valence-corrected chi connectivity index (χ2v) is 4.55. The van der Waals surface area contributed by atoms with Gasteiger partial charge in [-0.05, 0) is 40.6 Å². The summed E-state index contributed by atoms with van der Waals surface area (Å²) in [4.78, 5) is 0. The molecular weight excluding hydrogens is 291 g/mol. The smallest absolute Gasteiger partial charge is 0.132 e. The van der Waals surface area contributed by atoms with Gasteiger partial charge in [-0.15, -0.1) is 0 Å². The molecule has 14 heavy (non-hydrogen) atoms. The van der Waals surface area contributed by atoms with Crippen molar-refractivity contribution in [1.29, 1.82) is 0 Å². The fourth-order valence-electron chi connectivity index (χ4n) is 1.34. The zero-order chi connectivity index (χ0) is 10.7. The average molecular weight is 306 g/mol. The summed E-state index contributed by atoms with van der Waals surface area (Å²) in [5.41, 5.74) is 1.18. The van der Waals surface area contributed by atoms with Crippen molar-refractivity contribution in [2.24, 2.45) is 0 Å². The van der Waals surface area contributed by atoms with Crippen LogP contribution >= 0.6 is 22.6 Å². The van der Waals surface area contributed by atoms with Crippen LogP contribution in [0.4, 0.5) is 0 Å². The highest BCUT2D eigenvalue weighted by Crippen LogP contribution is 2.33. The van der Waals surface area contributed by atoms with Crippen molar-refractivity contribution in [3.63, 3.8) is 0 Å². The van der Waals surface area contributed by atoms with Crippen molar-refractivity contribution < 1.29 is 9.47 Å². The Kier molecular flexibility index (Phi) is 4.04. The van der Waals surface area contributed by atoms with Crippen molar-refractivity contribution in [1.82, 2.24) is 0 Å². The summed E-state index contributed by atoms with van der Waals surface area (Å²) < 4.78 is 11.7. The Balaban J connectivity index is 3.25. The minimum absolute atomic E-state index is 0.441. The van der Waals surface area contributed by atoms with E-state index in [1.54, 1.807) is 14.2 Å². The maximum atomic E-state index is 5.33. The van der Waals surface area contributed by atoms with E-state index in [0.717, 1.165) is 15.1 Å². The Morgan fingerprint density at radius 3 is 2.07 bits per heavy atom.